The fraction of sp³-hybridized carbons (Fsp3) is 0.167. The van der Waals surface area contributed by atoms with Crippen molar-refractivity contribution in [2.24, 2.45) is 5.10 Å². The number of aromatic nitrogens is 1. The molecule has 1 amide bonds. The fourth-order valence-corrected chi connectivity index (χ4v) is 3.68. The van der Waals surface area contributed by atoms with Crippen LogP contribution in [-0.2, 0) is 11.3 Å². The lowest BCUT2D eigenvalue weighted by molar-refractivity contribution is -0.119. The maximum absolute atomic E-state index is 12.1. The SMILES string of the molecule is CCn1c2ccccc2c2cc(/C=N/NC(=O)CNc3ccccc3OC)ccc21. The molecule has 0 spiro atoms. The summed E-state index contributed by atoms with van der Waals surface area (Å²) in [6, 6.07) is 22.1. The number of hydrazone groups is 1. The molecule has 6 nitrogen and oxygen atoms in total. The summed E-state index contributed by atoms with van der Waals surface area (Å²) in [5, 5.41) is 9.56. The van der Waals surface area contributed by atoms with Crippen LogP contribution in [0.25, 0.3) is 21.8 Å². The van der Waals surface area contributed by atoms with Crippen molar-refractivity contribution < 1.29 is 9.53 Å². The number of benzene rings is 3. The van der Waals surface area contributed by atoms with E-state index in [1.165, 1.54) is 21.8 Å². The summed E-state index contributed by atoms with van der Waals surface area (Å²) in [6.07, 6.45) is 1.67. The minimum atomic E-state index is -0.235. The van der Waals surface area contributed by atoms with Crippen LogP contribution in [0.1, 0.15) is 12.5 Å². The highest BCUT2D eigenvalue weighted by Crippen LogP contribution is 2.29. The molecule has 0 atom stereocenters. The van der Waals surface area contributed by atoms with Crippen LogP contribution >= 0.6 is 0 Å². The summed E-state index contributed by atoms with van der Waals surface area (Å²) in [5.74, 6) is 0.453. The van der Waals surface area contributed by atoms with E-state index >= 15 is 0 Å². The first-order valence-corrected chi connectivity index (χ1v) is 9.91. The average Bonchev–Trinajstić information content (AvgIpc) is 3.11. The van der Waals surface area contributed by atoms with E-state index in [2.05, 4.69) is 63.7 Å². The molecule has 0 unspecified atom stereocenters. The van der Waals surface area contributed by atoms with Crippen molar-refractivity contribution in [3.8, 4) is 5.75 Å². The molecule has 2 N–H and O–H groups in total. The first kappa shape index (κ1) is 19.5. The molecule has 1 heterocycles. The summed E-state index contributed by atoms with van der Waals surface area (Å²) >= 11 is 0. The third-order valence-corrected chi connectivity index (χ3v) is 5.06. The van der Waals surface area contributed by atoms with Gasteiger partial charge in [0, 0.05) is 28.4 Å². The van der Waals surface area contributed by atoms with Crippen molar-refractivity contribution in [2.75, 3.05) is 19.0 Å². The number of fused-ring (bicyclic) bond motifs is 3. The van der Waals surface area contributed by atoms with E-state index in [-0.39, 0.29) is 12.5 Å². The Morgan fingerprint density at radius 1 is 1.03 bits per heavy atom. The first-order chi connectivity index (χ1) is 14.7. The molecule has 0 fully saturated rings. The second-order valence-corrected chi connectivity index (χ2v) is 6.89. The Hall–Kier alpha value is -3.80. The zero-order valence-corrected chi connectivity index (χ0v) is 17.1. The largest absolute Gasteiger partial charge is 0.495 e. The summed E-state index contributed by atoms with van der Waals surface area (Å²) in [4.78, 5) is 12.1. The Morgan fingerprint density at radius 3 is 2.63 bits per heavy atom. The molecular weight excluding hydrogens is 376 g/mol. The normalized spacial score (nSPS) is 11.3. The number of hydrogen-bond acceptors (Lipinski definition) is 4. The standard InChI is InChI=1S/C24H24N4O2/c1-3-28-21-10-6-4-8-18(21)19-14-17(12-13-22(19)28)15-26-27-24(29)16-25-20-9-5-7-11-23(20)30-2/h4-15,25H,3,16H2,1-2H3,(H,27,29)/b26-15+. The molecule has 3 aromatic carbocycles. The van der Waals surface area contributed by atoms with E-state index in [4.69, 9.17) is 4.74 Å². The van der Waals surface area contributed by atoms with E-state index in [0.29, 0.717) is 5.75 Å². The Morgan fingerprint density at radius 2 is 1.80 bits per heavy atom. The number of aryl methyl sites for hydroxylation is 1. The van der Waals surface area contributed by atoms with E-state index in [0.717, 1.165) is 17.8 Å². The van der Waals surface area contributed by atoms with Crippen molar-refractivity contribution in [2.45, 2.75) is 13.5 Å². The van der Waals surface area contributed by atoms with Crippen molar-refractivity contribution >= 4 is 39.6 Å². The van der Waals surface area contributed by atoms with Crippen molar-refractivity contribution in [3.05, 3.63) is 72.3 Å². The predicted molar refractivity (Wildman–Crippen MR) is 122 cm³/mol. The van der Waals surface area contributed by atoms with E-state index in [1.807, 2.05) is 30.3 Å². The molecule has 4 rings (SSSR count). The lowest BCUT2D eigenvalue weighted by Gasteiger charge is -2.09. The van der Waals surface area contributed by atoms with E-state index < -0.39 is 0 Å². The van der Waals surface area contributed by atoms with Crippen molar-refractivity contribution in [3.63, 3.8) is 0 Å². The maximum Gasteiger partial charge on any atom is 0.259 e. The Balaban J connectivity index is 1.45. The molecule has 0 aliphatic rings. The quantitative estimate of drug-likeness (QED) is 0.357. The van der Waals surface area contributed by atoms with Gasteiger partial charge < -0.3 is 14.6 Å². The van der Waals surface area contributed by atoms with Gasteiger partial charge in [-0.05, 0) is 42.8 Å². The van der Waals surface area contributed by atoms with Crippen LogP contribution in [-0.4, -0.2) is 30.3 Å². The highest BCUT2D eigenvalue weighted by Gasteiger charge is 2.09. The number of nitrogens with zero attached hydrogens (tertiary/aromatic N) is 2. The van der Waals surface area contributed by atoms with Gasteiger partial charge in [-0.15, -0.1) is 0 Å². The van der Waals surface area contributed by atoms with Crippen molar-refractivity contribution in [1.82, 2.24) is 9.99 Å². The number of nitrogens with one attached hydrogen (secondary N) is 2. The molecule has 0 radical (unpaired) electrons. The number of rotatable bonds is 7. The van der Waals surface area contributed by atoms with Gasteiger partial charge in [-0.3, -0.25) is 4.79 Å². The molecule has 1 aromatic heterocycles. The number of amides is 1. The second kappa shape index (κ2) is 8.69. The zero-order chi connectivity index (χ0) is 20.9. The summed E-state index contributed by atoms with van der Waals surface area (Å²) in [5.41, 5.74) is 6.67. The van der Waals surface area contributed by atoms with Gasteiger partial charge in [-0.25, -0.2) is 5.43 Å². The molecule has 0 aliphatic carbocycles. The Bertz CT molecular complexity index is 1230. The number of carbonyl (C=O) groups is 1. The molecule has 0 bridgehead atoms. The van der Waals surface area contributed by atoms with Crippen LogP contribution in [0.4, 0.5) is 5.69 Å². The van der Waals surface area contributed by atoms with Gasteiger partial charge in [0.2, 0.25) is 0 Å². The average molecular weight is 400 g/mol. The summed E-state index contributed by atoms with van der Waals surface area (Å²) < 4.78 is 7.57. The first-order valence-electron chi connectivity index (χ1n) is 9.91. The minimum absolute atomic E-state index is 0.0980. The fourth-order valence-electron chi connectivity index (χ4n) is 3.68. The molecule has 6 heteroatoms. The lowest BCUT2D eigenvalue weighted by atomic mass is 10.1. The number of para-hydroxylation sites is 3. The van der Waals surface area contributed by atoms with Gasteiger partial charge in [0.15, 0.2) is 0 Å². The Labute approximate surface area is 175 Å². The lowest BCUT2D eigenvalue weighted by Crippen LogP contribution is -2.26. The van der Waals surface area contributed by atoms with Crippen LogP contribution in [0.3, 0.4) is 0 Å². The predicted octanol–water partition coefficient (Wildman–Crippen LogP) is 4.39. The minimum Gasteiger partial charge on any atom is -0.495 e. The van der Waals surface area contributed by atoms with Gasteiger partial charge in [-0.2, -0.15) is 5.10 Å². The van der Waals surface area contributed by atoms with Gasteiger partial charge in [0.25, 0.3) is 5.91 Å². The third kappa shape index (κ3) is 3.85. The van der Waals surface area contributed by atoms with Crippen LogP contribution in [0.5, 0.6) is 5.75 Å². The molecule has 0 saturated carbocycles. The topological polar surface area (TPSA) is 67.7 Å². The highest BCUT2D eigenvalue weighted by molar-refractivity contribution is 6.09. The molecule has 0 aliphatic heterocycles. The number of carbonyl (C=O) groups excluding carboxylic acids is 1. The summed E-state index contributed by atoms with van der Waals surface area (Å²) in [7, 11) is 1.60. The number of ether oxygens (including phenoxy) is 1. The number of anilines is 1. The van der Waals surface area contributed by atoms with Crippen LogP contribution < -0.4 is 15.5 Å². The van der Waals surface area contributed by atoms with E-state index in [9.17, 15) is 4.79 Å². The van der Waals surface area contributed by atoms with Gasteiger partial charge in [0.05, 0.1) is 25.6 Å². The van der Waals surface area contributed by atoms with Crippen LogP contribution in [0.15, 0.2) is 71.8 Å². The Kier molecular flexibility index (Phi) is 5.66. The van der Waals surface area contributed by atoms with E-state index in [1.54, 1.807) is 13.3 Å². The number of hydrogen-bond donors (Lipinski definition) is 2. The molecule has 152 valence electrons. The van der Waals surface area contributed by atoms with Gasteiger partial charge in [0.1, 0.15) is 5.75 Å². The third-order valence-electron chi connectivity index (χ3n) is 5.06. The van der Waals surface area contributed by atoms with Crippen molar-refractivity contribution in [1.29, 1.82) is 0 Å². The van der Waals surface area contributed by atoms with Gasteiger partial charge in [-0.1, -0.05) is 36.4 Å². The van der Waals surface area contributed by atoms with Crippen LogP contribution in [0, 0.1) is 0 Å². The monoisotopic (exact) mass is 400 g/mol. The number of methoxy groups -OCH3 is 1. The van der Waals surface area contributed by atoms with Crippen LogP contribution in [0.2, 0.25) is 0 Å². The molecule has 30 heavy (non-hydrogen) atoms. The van der Waals surface area contributed by atoms with Gasteiger partial charge >= 0.3 is 0 Å². The highest BCUT2D eigenvalue weighted by atomic mass is 16.5. The second-order valence-electron chi connectivity index (χ2n) is 6.89. The smallest absolute Gasteiger partial charge is 0.259 e. The zero-order valence-electron chi connectivity index (χ0n) is 17.1. The maximum atomic E-state index is 12.1. The molecule has 4 aromatic rings. The molecular formula is C24H24N4O2. The molecule has 0 saturated heterocycles. The summed E-state index contributed by atoms with van der Waals surface area (Å²) in [6.45, 7) is 3.16.